The van der Waals surface area contributed by atoms with Gasteiger partial charge in [0, 0.05) is 31.0 Å². The van der Waals surface area contributed by atoms with Crippen LogP contribution in [0.3, 0.4) is 0 Å². The molecule has 0 aliphatic carbocycles. The predicted molar refractivity (Wildman–Crippen MR) is 88.0 cm³/mol. The molecule has 0 spiro atoms. The molecule has 1 fully saturated rings. The van der Waals surface area contributed by atoms with E-state index in [1.165, 1.54) is 0 Å². The van der Waals surface area contributed by atoms with Gasteiger partial charge in [0.25, 0.3) is 5.91 Å². The van der Waals surface area contributed by atoms with Gasteiger partial charge in [-0.25, -0.2) is 4.79 Å². The summed E-state index contributed by atoms with van der Waals surface area (Å²) in [5.41, 5.74) is 0.534. The van der Waals surface area contributed by atoms with E-state index in [2.05, 4.69) is 0 Å². The second kappa shape index (κ2) is 8.47. The predicted octanol–water partition coefficient (Wildman–Crippen LogP) is 3.05. The number of ketones is 1. The van der Waals surface area contributed by atoms with Gasteiger partial charge in [0.2, 0.25) is 0 Å². The molecular formula is C18H23NO5. The van der Waals surface area contributed by atoms with Gasteiger partial charge in [-0.3, -0.25) is 9.59 Å². The second-order valence-electron chi connectivity index (χ2n) is 5.70. The van der Waals surface area contributed by atoms with E-state index in [9.17, 15) is 14.4 Å². The van der Waals surface area contributed by atoms with Crippen molar-refractivity contribution in [3.8, 4) is 5.75 Å². The highest BCUT2D eigenvalue weighted by molar-refractivity contribution is 5.94. The molecule has 0 aromatic heterocycles. The minimum Gasteiger partial charge on any atom is -0.434 e. The molecule has 130 valence electrons. The van der Waals surface area contributed by atoms with E-state index in [0.29, 0.717) is 30.8 Å². The quantitative estimate of drug-likeness (QED) is 0.612. The van der Waals surface area contributed by atoms with E-state index in [4.69, 9.17) is 9.47 Å². The number of piperidine rings is 1. The Balaban J connectivity index is 1.91. The Bertz CT molecular complexity index is 588. The normalized spacial score (nSPS) is 15.0. The Kier molecular flexibility index (Phi) is 6.35. The summed E-state index contributed by atoms with van der Waals surface area (Å²) in [5, 5.41) is 0. The summed E-state index contributed by atoms with van der Waals surface area (Å²) < 4.78 is 9.66. The highest BCUT2D eigenvalue weighted by Gasteiger charge is 2.26. The van der Waals surface area contributed by atoms with Crippen molar-refractivity contribution in [2.24, 2.45) is 5.92 Å². The summed E-state index contributed by atoms with van der Waals surface area (Å²) in [4.78, 5) is 37.2. The van der Waals surface area contributed by atoms with Crippen LogP contribution in [0.1, 0.15) is 43.5 Å². The number of carbonyl (C=O) groups is 3. The van der Waals surface area contributed by atoms with Crippen molar-refractivity contribution in [3.63, 3.8) is 0 Å². The molecule has 1 aliphatic rings. The minimum atomic E-state index is -0.765. The van der Waals surface area contributed by atoms with Gasteiger partial charge in [0.05, 0.1) is 6.61 Å². The maximum Gasteiger partial charge on any atom is 0.513 e. The molecule has 0 bridgehead atoms. The molecule has 0 radical (unpaired) electrons. The van der Waals surface area contributed by atoms with Gasteiger partial charge >= 0.3 is 6.16 Å². The molecule has 2 rings (SSSR count). The van der Waals surface area contributed by atoms with Crippen molar-refractivity contribution in [2.75, 3.05) is 19.7 Å². The first-order valence-electron chi connectivity index (χ1n) is 8.31. The number of nitrogens with zero attached hydrogens (tertiary/aromatic N) is 1. The number of hydrogen-bond donors (Lipinski definition) is 0. The second-order valence-corrected chi connectivity index (χ2v) is 5.70. The van der Waals surface area contributed by atoms with Crippen LogP contribution in [0.25, 0.3) is 0 Å². The average molecular weight is 333 g/mol. The lowest BCUT2D eigenvalue weighted by Crippen LogP contribution is -2.40. The lowest BCUT2D eigenvalue weighted by atomic mass is 9.91. The fraction of sp³-hybridized carbons (Fsp3) is 0.500. The molecule has 0 N–H and O–H groups in total. The third kappa shape index (κ3) is 4.57. The maximum atomic E-state index is 12.5. The van der Waals surface area contributed by atoms with Crippen molar-refractivity contribution in [1.82, 2.24) is 4.90 Å². The largest absolute Gasteiger partial charge is 0.513 e. The Morgan fingerprint density at radius 2 is 1.71 bits per heavy atom. The van der Waals surface area contributed by atoms with Gasteiger partial charge in [0.1, 0.15) is 11.5 Å². The fourth-order valence-electron chi connectivity index (χ4n) is 2.78. The van der Waals surface area contributed by atoms with E-state index < -0.39 is 6.16 Å². The molecule has 24 heavy (non-hydrogen) atoms. The van der Waals surface area contributed by atoms with Gasteiger partial charge < -0.3 is 14.4 Å². The molecule has 1 aliphatic heterocycles. The van der Waals surface area contributed by atoms with Crippen LogP contribution in [0.5, 0.6) is 5.75 Å². The summed E-state index contributed by atoms with van der Waals surface area (Å²) >= 11 is 0. The molecule has 1 amide bonds. The Labute approximate surface area is 141 Å². The number of likely N-dealkylation sites (tertiary alicyclic amines) is 1. The summed E-state index contributed by atoms with van der Waals surface area (Å²) in [6.45, 7) is 5.00. The summed E-state index contributed by atoms with van der Waals surface area (Å²) in [6.07, 6.45) is 1.24. The Morgan fingerprint density at radius 3 is 2.25 bits per heavy atom. The van der Waals surface area contributed by atoms with Crippen LogP contribution < -0.4 is 4.74 Å². The first kappa shape index (κ1) is 18.0. The van der Waals surface area contributed by atoms with Crippen LogP contribution in [0.2, 0.25) is 0 Å². The van der Waals surface area contributed by atoms with Crippen molar-refractivity contribution in [2.45, 2.75) is 33.1 Å². The SMILES string of the molecule is CCOC(=O)Oc1ccc(C(=O)N2CCC(C(=O)CC)CC2)cc1. The molecule has 1 heterocycles. The number of Topliss-reactive ketones (excluding diaryl/α,β-unsaturated/α-hetero) is 1. The molecule has 6 heteroatoms. The zero-order valence-corrected chi connectivity index (χ0v) is 14.1. The van der Waals surface area contributed by atoms with Gasteiger partial charge in [-0.15, -0.1) is 0 Å². The van der Waals surface area contributed by atoms with Crippen LogP contribution >= 0.6 is 0 Å². The summed E-state index contributed by atoms with van der Waals surface area (Å²) in [7, 11) is 0. The van der Waals surface area contributed by atoms with Crippen molar-refractivity contribution in [3.05, 3.63) is 29.8 Å². The van der Waals surface area contributed by atoms with Gasteiger partial charge in [0.15, 0.2) is 0 Å². The van der Waals surface area contributed by atoms with Crippen LogP contribution in [0, 0.1) is 5.92 Å². The number of hydrogen-bond acceptors (Lipinski definition) is 5. The van der Waals surface area contributed by atoms with E-state index in [-0.39, 0.29) is 24.2 Å². The zero-order valence-electron chi connectivity index (χ0n) is 14.1. The molecule has 0 saturated carbocycles. The summed E-state index contributed by atoms with van der Waals surface area (Å²) in [6, 6.07) is 6.38. The Morgan fingerprint density at radius 1 is 1.08 bits per heavy atom. The van der Waals surface area contributed by atoms with Gasteiger partial charge in [-0.1, -0.05) is 6.92 Å². The third-order valence-electron chi connectivity index (χ3n) is 4.15. The number of carbonyl (C=O) groups excluding carboxylic acids is 3. The topological polar surface area (TPSA) is 72.9 Å². The zero-order chi connectivity index (χ0) is 17.5. The summed E-state index contributed by atoms with van der Waals surface area (Å²) in [5.74, 6) is 0.624. The van der Waals surface area contributed by atoms with Crippen molar-refractivity contribution in [1.29, 1.82) is 0 Å². The van der Waals surface area contributed by atoms with E-state index in [0.717, 1.165) is 12.8 Å². The van der Waals surface area contributed by atoms with Crippen LogP contribution in [0.4, 0.5) is 4.79 Å². The maximum absolute atomic E-state index is 12.5. The fourth-order valence-corrected chi connectivity index (χ4v) is 2.78. The number of rotatable bonds is 5. The standard InChI is InChI=1S/C18H23NO5/c1-3-16(20)13-9-11-19(12-10-13)17(21)14-5-7-15(8-6-14)24-18(22)23-4-2/h5-8,13H,3-4,9-12H2,1-2H3. The molecule has 1 aromatic carbocycles. The highest BCUT2D eigenvalue weighted by atomic mass is 16.7. The van der Waals surface area contributed by atoms with Crippen LogP contribution in [-0.4, -0.2) is 42.4 Å². The number of ether oxygens (including phenoxy) is 2. The lowest BCUT2D eigenvalue weighted by molar-refractivity contribution is -0.123. The molecule has 0 atom stereocenters. The molecule has 0 unspecified atom stereocenters. The molecule has 6 nitrogen and oxygen atoms in total. The van der Waals surface area contributed by atoms with Gasteiger partial charge in [-0.2, -0.15) is 0 Å². The van der Waals surface area contributed by atoms with Crippen molar-refractivity contribution < 1.29 is 23.9 Å². The smallest absolute Gasteiger partial charge is 0.434 e. The van der Waals surface area contributed by atoms with E-state index >= 15 is 0 Å². The molecular weight excluding hydrogens is 310 g/mol. The number of amides is 1. The first-order chi connectivity index (χ1) is 11.5. The van der Waals surface area contributed by atoms with Crippen LogP contribution in [-0.2, 0) is 9.53 Å². The monoisotopic (exact) mass is 333 g/mol. The molecule has 1 saturated heterocycles. The van der Waals surface area contributed by atoms with Crippen molar-refractivity contribution >= 4 is 17.8 Å². The first-order valence-corrected chi connectivity index (χ1v) is 8.31. The highest BCUT2D eigenvalue weighted by Crippen LogP contribution is 2.22. The van der Waals surface area contributed by atoms with E-state index in [1.807, 2.05) is 6.92 Å². The molecule has 1 aromatic rings. The Hall–Kier alpha value is -2.37. The third-order valence-corrected chi connectivity index (χ3v) is 4.15. The van der Waals surface area contributed by atoms with Gasteiger partial charge in [-0.05, 0) is 44.0 Å². The number of benzene rings is 1. The minimum absolute atomic E-state index is 0.0694. The van der Waals surface area contributed by atoms with E-state index in [1.54, 1.807) is 36.1 Å². The average Bonchev–Trinajstić information content (AvgIpc) is 2.61. The van der Waals surface area contributed by atoms with Crippen LogP contribution in [0.15, 0.2) is 24.3 Å². The lowest BCUT2D eigenvalue weighted by Gasteiger charge is -2.31.